The van der Waals surface area contributed by atoms with Gasteiger partial charge in [0.2, 0.25) is 0 Å². The molecule has 0 spiro atoms. The molecule has 96 valence electrons. The van der Waals surface area contributed by atoms with Crippen molar-refractivity contribution in [3.63, 3.8) is 0 Å². The Balaban J connectivity index is 1.97. The van der Waals surface area contributed by atoms with Crippen LogP contribution in [0, 0.1) is 0 Å². The molecule has 2 heterocycles. The summed E-state index contributed by atoms with van der Waals surface area (Å²) in [6, 6.07) is 8.16. The maximum Gasteiger partial charge on any atom is 0.123 e. The third-order valence-electron chi connectivity index (χ3n) is 3.12. The van der Waals surface area contributed by atoms with E-state index in [4.69, 9.17) is 4.74 Å². The SMILES string of the molecule is C=CCSc1ncncc1C1COc2ccccc21. The number of ether oxygens (including phenoxy) is 1. The van der Waals surface area contributed by atoms with E-state index in [0.717, 1.165) is 22.1 Å². The first kappa shape index (κ1) is 12.2. The summed E-state index contributed by atoms with van der Waals surface area (Å²) in [6.45, 7) is 4.41. The van der Waals surface area contributed by atoms with E-state index < -0.39 is 0 Å². The molecule has 0 aliphatic carbocycles. The molecule has 1 aliphatic rings. The van der Waals surface area contributed by atoms with Crippen molar-refractivity contribution in [2.45, 2.75) is 10.9 Å². The van der Waals surface area contributed by atoms with Gasteiger partial charge in [-0.25, -0.2) is 9.97 Å². The lowest BCUT2D eigenvalue weighted by Gasteiger charge is -2.12. The van der Waals surface area contributed by atoms with Crippen LogP contribution in [0.4, 0.5) is 0 Å². The minimum atomic E-state index is 0.227. The molecular formula is C15H14N2OS. The molecule has 3 nitrogen and oxygen atoms in total. The second kappa shape index (κ2) is 5.45. The summed E-state index contributed by atoms with van der Waals surface area (Å²) in [6.07, 6.45) is 5.38. The number of hydrogen-bond donors (Lipinski definition) is 0. The van der Waals surface area contributed by atoms with Gasteiger partial charge in [0.1, 0.15) is 17.1 Å². The van der Waals surface area contributed by atoms with Gasteiger partial charge in [-0.15, -0.1) is 18.3 Å². The molecular weight excluding hydrogens is 256 g/mol. The summed E-state index contributed by atoms with van der Waals surface area (Å²) in [5.74, 6) is 2.04. The number of thioether (sulfide) groups is 1. The summed E-state index contributed by atoms with van der Waals surface area (Å²) in [5, 5.41) is 1.01. The Hall–Kier alpha value is -1.81. The van der Waals surface area contributed by atoms with Crippen molar-refractivity contribution in [3.8, 4) is 5.75 Å². The van der Waals surface area contributed by atoms with Crippen molar-refractivity contribution in [1.29, 1.82) is 0 Å². The van der Waals surface area contributed by atoms with E-state index in [0.29, 0.717) is 6.61 Å². The van der Waals surface area contributed by atoms with Crippen molar-refractivity contribution in [2.24, 2.45) is 0 Å². The van der Waals surface area contributed by atoms with E-state index in [1.165, 1.54) is 5.56 Å². The molecule has 1 unspecified atom stereocenters. The van der Waals surface area contributed by atoms with Crippen LogP contribution in [-0.2, 0) is 0 Å². The Labute approximate surface area is 116 Å². The van der Waals surface area contributed by atoms with E-state index in [-0.39, 0.29) is 5.92 Å². The van der Waals surface area contributed by atoms with Crippen LogP contribution in [0.15, 0.2) is 54.5 Å². The van der Waals surface area contributed by atoms with Crippen LogP contribution in [0.3, 0.4) is 0 Å². The molecule has 0 N–H and O–H groups in total. The highest BCUT2D eigenvalue weighted by molar-refractivity contribution is 7.99. The van der Waals surface area contributed by atoms with Crippen LogP contribution in [0.25, 0.3) is 0 Å². The molecule has 1 atom stereocenters. The van der Waals surface area contributed by atoms with Crippen molar-refractivity contribution in [1.82, 2.24) is 9.97 Å². The molecule has 0 fully saturated rings. The fourth-order valence-electron chi connectivity index (χ4n) is 2.25. The number of nitrogens with zero attached hydrogens (tertiary/aromatic N) is 2. The van der Waals surface area contributed by atoms with Gasteiger partial charge in [-0.05, 0) is 6.07 Å². The maximum atomic E-state index is 5.74. The molecule has 1 aromatic carbocycles. The van der Waals surface area contributed by atoms with Crippen molar-refractivity contribution < 1.29 is 4.74 Å². The zero-order valence-electron chi connectivity index (χ0n) is 10.5. The predicted molar refractivity (Wildman–Crippen MR) is 76.7 cm³/mol. The van der Waals surface area contributed by atoms with Crippen LogP contribution >= 0.6 is 11.8 Å². The smallest absolute Gasteiger partial charge is 0.123 e. The lowest BCUT2D eigenvalue weighted by molar-refractivity contribution is 0.341. The average Bonchev–Trinajstić information content (AvgIpc) is 2.89. The second-order valence-electron chi connectivity index (χ2n) is 4.28. The Kier molecular flexibility index (Phi) is 3.51. The molecule has 1 aliphatic heterocycles. The van der Waals surface area contributed by atoms with Crippen molar-refractivity contribution in [2.75, 3.05) is 12.4 Å². The molecule has 3 rings (SSSR count). The fraction of sp³-hybridized carbons (Fsp3) is 0.200. The van der Waals surface area contributed by atoms with E-state index >= 15 is 0 Å². The lowest BCUT2D eigenvalue weighted by atomic mass is 9.95. The highest BCUT2D eigenvalue weighted by Gasteiger charge is 2.27. The van der Waals surface area contributed by atoms with E-state index in [2.05, 4.69) is 22.6 Å². The van der Waals surface area contributed by atoms with Gasteiger partial charge in [-0.1, -0.05) is 24.3 Å². The number of benzene rings is 1. The predicted octanol–water partition coefficient (Wildman–Crippen LogP) is 3.28. The molecule has 1 aromatic heterocycles. The van der Waals surface area contributed by atoms with Crippen LogP contribution in [-0.4, -0.2) is 22.3 Å². The summed E-state index contributed by atoms with van der Waals surface area (Å²) in [5.41, 5.74) is 2.36. The van der Waals surface area contributed by atoms with Crippen molar-refractivity contribution >= 4 is 11.8 Å². The van der Waals surface area contributed by atoms with E-state index in [1.54, 1.807) is 18.1 Å². The Morgan fingerprint density at radius 2 is 2.26 bits per heavy atom. The fourth-order valence-corrected chi connectivity index (χ4v) is 3.01. The minimum Gasteiger partial charge on any atom is -0.492 e. The van der Waals surface area contributed by atoms with Gasteiger partial charge in [0.15, 0.2) is 0 Å². The monoisotopic (exact) mass is 270 g/mol. The third kappa shape index (κ3) is 2.36. The Bertz CT molecular complexity index is 600. The van der Waals surface area contributed by atoms with Crippen LogP contribution in [0.5, 0.6) is 5.75 Å². The largest absolute Gasteiger partial charge is 0.492 e. The standard InChI is InChI=1S/C15H14N2OS/c1-2-7-19-15-12(8-16-10-17-15)13-9-18-14-6-4-3-5-11(13)14/h2-6,8,10,13H,1,7,9H2. The van der Waals surface area contributed by atoms with Crippen molar-refractivity contribution in [3.05, 3.63) is 60.6 Å². The molecule has 19 heavy (non-hydrogen) atoms. The molecule has 0 saturated heterocycles. The topological polar surface area (TPSA) is 35.0 Å². The minimum absolute atomic E-state index is 0.227. The number of para-hydroxylation sites is 1. The first-order chi connectivity index (χ1) is 9.40. The normalized spacial score (nSPS) is 16.7. The lowest BCUT2D eigenvalue weighted by Crippen LogP contribution is -2.06. The van der Waals surface area contributed by atoms with Crippen LogP contribution < -0.4 is 4.74 Å². The molecule has 2 aromatic rings. The van der Waals surface area contributed by atoms with Gasteiger partial charge < -0.3 is 4.74 Å². The maximum absolute atomic E-state index is 5.74. The molecule has 0 amide bonds. The number of rotatable bonds is 4. The van der Waals surface area contributed by atoms with E-state index in [1.807, 2.05) is 30.5 Å². The summed E-state index contributed by atoms with van der Waals surface area (Å²) >= 11 is 1.68. The van der Waals surface area contributed by atoms with Gasteiger partial charge in [0.05, 0.1) is 12.5 Å². The first-order valence-electron chi connectivity index (χ1n) is 6.15. The molecule has 0 bridgehead atoms. The number of hydrogen-bond acceptors (Lipinski definition) is 4. The average molecular weight is 270 g/mol. The van der Waals surface area contributed by atoms with E-state index in [9.17, 15) is 0 Å². The molecule has 0 radical (unpaired) electrons. The van der Waals surface area contributed by atoms with Gasteiger partial charge in [-0.3, -0.25) is 0 Å². The highest BCUT2D eigenvalue weighted by atomic mass is 32.2. The summed E-state index contributed by atoms with van der Waals surface area (Å²) < 4.78 is 5.74. The summed E-state index contributed by atoms with van der Waals surface area (Å²) in [4.78, 5) is 8.55. The quantitative estimate of drug-likeness (QED) is 0.485. The summed E-state index contributed by atoms with van der Waals surface area (Å²) in [7, 11) is 0. The Morgan fingerprint density at radius 3 is 3.16 bits per heavy atom. The zero-order chi connectivity index (χ0) is 13.1. The second-order valence-corrected chi connectivity index (χ2v) is 5.29. The Morgan fingerprint density at radius 1 is 1.37 bits per heavy atom. The molecule has 0 saturated carbocycles. The number of aromatic nitrogens is 2. The van der Waals surface area contributed by atoms with Gasteiger partial charge in [-0.2, -0.15) is 0 Å². The highest BCUT2D eigenvalue weighted by Crippen LogP contribution is 2.40. The third-order valence-corrected chi connectivity index (χ3v) is 4.13. The van der Waals surface area contributed by atoms with Gasteiger partial charge >= 0.3 is 0 Å². The molecule has 4 heteroatoms. The first-order valence-corrected chi connectivity index (χ1v) is 7.14. The van der Waals surface area contributed by atoms with Crippen LogP contribution in [0.1, 0.15) is 17.0 Å². The van der Waals surface area contributed by atoms with Gasteiger partial charge in [0, 0.05) is 23.1 Å². The van der Waals surface area contributed by atoms with Crippen LogP contribution in [0.2, 0.25) is 0 Å². The number of fused-ring (bicyclic) bond motifs is 1. The zero-order valence-corrected chi connectivity index (χ0v) is 11.3. The van der Waals surface area contributed by atoms with Gasteiger partial charge in [0.25, 0.3) is 0 Å².